The fourth-order valence-electron chi connectivity index (χ4n) is 2.26. The highest BCUT2D eigenvalue weighted by Crippen LogP contribution is 2.28. The Morgan fingerprint density at radius 1 is 1.11 bits per heavy atom. The van der Waals surface area contributed by atoms with Crippen LogP contribution in [0.2, 0.25) is 5.02 Å². The first-order chi connectivity index (χ1) is 13.0. The zero-order valence-corrected chi connectivity index (χ0v) is 17.6. The highest BCUT2D eigenvalue weighted by Gasteiger charge is 2.16. The molecule has 2 aromatic rings. The van der Waals surface area contributed by atoms with Crippen LogP contribution in [0.15, 0.2) is 47.4 Å². The van der Waals surface area contributed by atoms with E-state index in [1.54, 1.807) is 12.1 Å². The number of ether oxygens (including phenoxy) is 2. The minimum Gasteiger partial charge on any atom is -0.495 e. The number of amides is 1. The topological polar surface area (TPSA) is 93.7 Å². The number of nitrogens with one attached hydrogen (secondary N) is 2. The molecule has 0 atom stereocenters. The largest absolute Gasteiger partial charge is 0.495 e. The van der Waals surface area contributed by atoms with Gasteiger partial charge in [-0.25, -0.2) is 8.42 Å². The van der Waals surface area contributed by atoms with E-state index in [4.69, 9.17) is 21.1 Å². The van der Waals surface area contributed by atoms with Gasteiger partial charge >= 0.3 is 0 Å². The molecule has 2 N–H and O–H groups in total. The Labute approximate surface area is 170 Å². The van der Waals surface area contributed by atoms with Crippen LogP contribution in [-0.4, -0.2) is 33.6 Å². The lowest BCUT2D eigenvalue weighted by Crippen LogP contribution is -2.43. The van der Waals surface area contributed by atoms with E-state index in [0.29, 0.717) is 22.2 Å². The van der Waals surface area contributed by atoms with Crippen LogP contribution < -0.4 is 19.5 Å². The van der Waals surface area contributed by atoms with Gasteiger partial charge in [0.2, 0.25) is 0 Å². The maximum atomic E-state index is 12.5. The summed E-state index contributed by atoms with van der Waals surface area (Å²) in [5.74, 6) is 0.569. The van der Waals surface area contributed by atoms with E-state index in [1.165, 1.54) is 37.4 Å². The molecule has 1 amide bonds. The first kappa shape index (κ1) is 21.8. The zero-order valence-electron chi connectivity index (χ0n) is 16.1. The number of hydrogen-bond acceptors (Lipinski definition) is 5. The van der Waals surface area contributed by atoms with Gasteiger partial charge in [0.05, 0.1) is 22.7 Å². The summed E-state index contributed by atoms with van der Waals surface area (Å²) < 4.78 is 37.9. The number of anilines is 1. The lowest BCUT2D eigenvalue weighted by atomic mass is 10.1. The van der Waals surface area contributed by atoms with Gasteiger partial charge in [-0.1, -0.05) is 11.6 Å². The lowest BCUT2D eigenvalue weighted by Gasteiger charge is -2.20. The Hall–Kier alpha value is -2.45. The average Bonchev–Trinajstić information content (AvgIpc) is 2.59. The smallest absolute Gasteiger partial charge is 0.261 e. The van der Waals surface area contributed by atoms with Crippen LogP contribution >= 0.6 is 11.6 Å². The van der Waals surface area contributed by atoms with Crippen molar-refractivity contribution in [3.63, 3.8) is 0 Å². The van der Waals surface area contributed by atoms with Crippen molar-refractivity contribution in [2.24, 2.45) is 0 Å². The SMILES string of the molecule is COc1ccc(NS(=O)(=O)c2ccc(OCC(=O)NC(C)(C)C)cc2)cc1Cl. The maximum Gasteiger partial charge on any atom is 0.261 e. The van der Waals surface area contributed by atoms with E-state index in [2.05, 4.69) is 10.0 Å². The first-order valence-electron chi connectivity index (χ1n) is 8.40. The number of benzene rings is 2. The van der Waals surface area contributed by atoms with Crippen molar-refractivity contribution in [2.45, 2.75) is 31.2 Å². The Morgan fingerprint density at radius 3 is 2.29 bits per heavy atom. The highest BCUT2D eigenvalue weighted by atomic mass is 35.5. The van der Waals surface area contributed by atoms with Crippen LogP contribution in [0.4, 0.5) is 5.69 Å². The monoisotopic (exact) mass is 426 g/mol. The Balaban J connectivity index is 2.03. The molecule has 0 aliphatic rings. The van der Waals surface area contributed by atoms with Crippen molar-refractivity contribution in [1.82, 2.24) is 5.32 Å². The van der Waals surface area contributed by atoms with Crippen LogP contribution in [0.5, 0.6) is 11.5 Å². The number of carbonyl (C=O) groups is 1. The number of carbonyl (C=O) groups excluding carboxylic acids is 1. The van der Waals surface area contributed by atoms with Gasteiger partial charge in [0.1, 0.15) is 11.5 Å². The fraction of sp³-hybridized carbons (Fsp3) is 0.316. The fourth-order valence-corrected chi connectivity index (χ4v) is 3.57. The van der Waals surface area contributed by atoms with E-state index in [0.717, 1.165) is 0 Å². The van der Waals surface area contributed by atoms with Gasteiger partial charge in [-0.15, -0.1) is 0 Å². The molecule has 28 heavy (non-hydrogen) atoms. The van der Waals surface area contributed by atoms with Gasteiger partial charge < -0.3 is 14.8 Å². The summed E-state index contributed by atoms with van der Waals surface area (Å²) in [5.41, 5.74) is -0.0426. The predicted molar refractivity (Wildman–Crippen MR) is 109 cm³/mol. The highest BCUT2D eigenvalue weighted by molar-refractivity contribution is 7.92. The molecular formula is C19H23ClN2O5S. The summed E-state index contributed by atoms with van der Waals surface area (Å²) in [6.07, 6.45) is 0. The number of rotatable bonds is 7. The second-order valence-electron chi connectivity index (χ2n) is 7.01. The van der Waals surface area contributed by atoms with Crippen LogP contribution in [0.1, 0.15) is 20.8 Å². The van der Waals surface area contributed by atoms with Crippen LogP contribution in [-0.2, 0) is 14.8 Å². The van der Waals surface area contributed by atoms with E-state index in [9.17, 15) is 13.2 Å². The minimum atomic E-state index is -3.81. The third-order valence-corrected chi connectivity index (χ3v) is 5.11. The molecule has 9 heteroatoms. The van der Waals surface area contributed by atoms with Gasteiger partial charge in [-0.2, -0.15) is 0 Å². The molecule has 0 aliphatic heterocycles. The molecule has 2 rings (SSSR count). The molecule has 0 aromatic heterocycles. The Kier molecular flexibility index (Phi) is 6.79. The third-order valence-electron chi connectivity index (χ3n) is 3.42. The summed E-state index contributed by atoms with van der Waals surface area (Å²) in [7, 11) is -2.33. The number of hydrogen-bond donors (Lipinski definition) is 2. The molecule has 0 radical (unpaired) electrons. The molecule has 0 unspecified atom stereocenters. The molecule has 0 aliphatic carbocycles. The van der Waals surface area contributed by atoms with Crippen molar-refractivity contribution in [3.8, 4) is 11.5 Å². The van der Waals surface area contributed by atoms with E-state index >= 15 is 0 Å². The molecule has 7 nitrogen and oxygen atoms in total. The average molecular weight is 427 g/mol. The maximum absolute atomic E-state index is 12.5. The summed E-state index contributed by atoms with van der Waals surface area (Å²) in [5, 5.41) is 3.07. The van der Waals surface area contributed by atoms with Gasteiger partial charge in [0.25, 0.3) is 15.9 Å². The molecule has 152 valence electrons. The lowest BCUT2D eigenvalue weighted by molar-refractivity contribution is -0.124. The van der Waals surface area contributed by atoms with Crippen molar-refractivity contribution in [2.75, 3.05) is 18.4 Å². The third kappa shape index (κ3) is 6.31. The molecule has 0 heterocycles. The van der Waals surface area contributed by atoms with Crippen molar-refractivity contribution >= 4 is 33.2 Å². The van der Waals surface area contributed by atoms with Crippen molar-refractivity contribution in [3.05, 3.63) is 47.5 Å². The summed E-state index contributed by atoms with van der Waals surface area (Å²) in [6.45, 7) is 5.45. The first-order valence-corrected chi connectivity index (χ1v) is 10.3. The van der Waals surface area contributed by atoms with Crippen molar-refractivity contribution < 1.29 is 22.7 Å². The number of methoxy groups -OCH3 is 1. The predicted octanol–water partition coefficient (Wildman–Crippen LogP) is 3.44. The summed E-state index contributed by atoms with van der Waals surface area (Å²) in [4.78, 5) is 11.8. The second kappa shape index (κ2) is 8.70. The molecule has 0 saturated carbocycles. The quantitative estimate of drug-likeness (QED) is 0.707. The van der Waals surface area contributed by atoms with E-state index in [1.807, 2.05) is 20.8 Å². The molecule has 0 saturated heterocycles. The number of sulfonamides is 1. The molecular weight excluding hydrogens is 404 g/mol. The standard InChI is InChI=1S/C19H23ClN2O5S/c1-19(2,3)21-18(23)12-27-14-6-8-15(9-7-14)28(24,25)22-13-5-10-17(26-4)16(20)11-13/h5-11,22H,12H2,1-4H3,(H,21,23). The minimum absolute atomic E-state index is 0.0472. The van der Waals surface area contributed by atoms with Crippen molar-refractivity contribution in [1.29, 1.82) is 0 Å². The summed E-state index contributed by atoms with van der Waals surface area (Å²) in [6, 6.07) is 10.3. The summed E-state index contributed by atoms with van der Waals surface area (Å²) >= 11 is 6.02. The Bertz CT molecular complexity index is 938. The van der Waals surface area contributed by atoms with Crippen LogP contribution in [0.3, 0.4) is 0 Å². The Morgan fingerprint density at radius 2 is 1.75 bits per heavy atom. The van der Waals surface area contributed by atoms with Gasteiger partial charge in [-0.05, 0) is 63.2 Å². The normalized spacial score (nSPS) is 11.6. The van der Waals surface area contributed by atoms with Gasteiger partial charge in [0.15, 0.2) is 6.61 Å². The molecule has 0 fully saturated rings. The molecule has 0 bridgehead atoms. The second-order valence-corrected chi connectivity index (χ2v) is 9.10. The molecule has 2 aromatic carbocycles. The van der Waals surface area contributed by atoms with Gasteiger partial charge in [0, 0.05) is 5.54 Å². The zero-order chi connectivity index (χ0) is 20.9. The molecule has 0 spiro atoms. The van der Waals surface area contributed by atoms with Crippen LogP contribution in [0.25, 0.3) is 0 Å². The van der Waals surface area contributed by atoms with E-state index in [-0.39, 0.29) is 22.9 Å². The van der Waals surface area contributed by atoms with Crippen LogP contribution in [0, 0.1) is 0 Å². The van der Waals surface area contributed by atoms with Gasteiger partial charge in [-0.3, -0.25) is 9.52 Å². The number of halogens is 1. The van der Waals surface area contributed by atoms with E-state index < -0.39 is 10.0 Å².